The Hall–Kier alpha value is -1.50. The Morgan fingerprint density at radius 3 is 2.89 bits per heavy atom. The minimum atomic E-state index is -0.366. The van der Waals surface area contributed by atoms with E-state index in [1.807, 2.05) is 0 Å². The molecule has 19 heavy (non-hydrogen) atoms. The molecule has 2 aliphatic rings. The number of morpholine rings is 1. The molecule has 2 N–H and O–H groups in total. The third-order valence-corrected chi connectivity index (χ3v) is 3.27. The van der Waals surface area contributed by atoms with Crippen LogP contribution in [0.4, 0.5) is 5.69 Å². The first-order valence-corrected chi connectivity index (χ1v) is 6.33. The smallest absolute Gasteiger partial charge is 0.243 e. The number of benzene rings is 1. The molecule has 2 aliphatic heterocycles. The quantitative estimate of drug-likeness (QED) is 0.848. The molecule has 1 fully saturated rings. The van der Waals surface area contributed by atoms with Crippen LogP contribution in [0.15, 0.2) is 12.1 Å². The summed E-state index contributed by atoms with van der Waals surface area (Å²) in [5, 5.41) is 6.25. The molecule has 0 saturated carbocycles. The van der Waals surface area contributed by atoms with Crippen molar-refractivity contribution in [2.45, 2.75) is 6.04 Å². The van der Waals surface area contributed by atoms with E-state index in [1.165, 1.54) is 0 Å². The zero-order valence-corrected chi connectivity index (χ0v) is 10.8. The molecule has 1 atom stereocenters. The van der Waals surface area contributed by atoms with E-state index < -0.39 is 0 Å². The second-order valence-electron chi connectivity index (χ2n) is 4.26. The van der Waals surface area contributed by atoms with Gasteiger partial charge in [-0.2, -0.15) is 0 Å². The highest BCUT2D eigenvalue weighted by molar-refractivity contribution is 6.34. The lowest BCUT2D eigenvalue weighted by Gasteiger charge is -2.23. The number of carbonyl (C=O) groups excluding carboxylic acids is 1. The van der Waals surface area contributed by atoms with E-state index in [0.29, 0.717) is 42.0 Å². The van der Waals surface area contributed by atoms with Crippen molar-refractivity contribution < 1.29 is 19.0 Å². The fraction of sp³-hybridized carbons (Fsp3) is 0.417. The zero-order valence-electron chi connectivity index (χ0n) is 10.1. The average molecular weight is 285 g/mol. The highest BCUT2D eigenvalue weighted by Gasteiger charge is 2.23. The molecule has 1 aromatic rings. The lowest BCUT2D eigenvalue weighted by molar-refractivity contribution is -0.120. The van der Waals surface area contributed by atoms with Crippen molar-refractivity contribution >= 4 is 23.2 Å². The van der Waals surface area contributed by atoms with E-state index in [4.69, 9.17) is 25.8 Å². The number of amides is 1. The summed E-state index contributed by atoms with van der Waals surface area (Å²) in [5.74, 6) is 0.982. The van der Waals surface area contributed by atoms with E-state index in [-0.39, 0.29) is 18.7 Å². The summed E-state index contributed by atoms with van der Waals surface area (Å²) in [4.78, 5) is 12.0. The summed E-state index contributed by atoms with van der Waals surface area (Å²) in [7, 11) is 0. The summed E-state index contributed by atoms with van der Waals surface area (Å²) >= 11 is 6.09. The van der Waals surface area contributed by atoms with Gasteiger partial charge in [-0.05, 0) is 0 Å². The van der Waals surface area contributed by atoms with Crippen LogP contribution in [0.3, 0.4) is 0 Å². The number of ether oxygens (including phenoxy) is 3. The molecule has 1 unspecified atom stereocenters. The van der Waals surface area contributed by atoms with Crippen LogP contribution in [0.1, 0.15) is 0 Å². The number of halogens is 1. The lowest BCUT2D eigenvalue weighted by Crippen LogP contribution is -2.48. The predicted molar refractivity (Wildman–Crippen MR) is 68.8 cm³/mol. The number of fused-ring (bicyclic) bond motifs is 1. The molecule has 3 rings (SSSR count). The third kappa shape index (κ3) is 2.60. The molecular weight excluding hydrogens is 272 g/mol. The van der Waals surface area contributed by atoms with Crippen molar-refractivity contribution in [2.24, 2.45) is 0 Å². The zero-order chi connectivity index (χ0) is 13.2. The van der Waals surface area contributed by atoms with Gasteiger partial charge in [0.25, 0.3) is 0 Å². The molecule has 6 nitrogen and oxygen atoms in total. The number of hydrogen-bond donors (Lipinski definition) is 2. The van der Waals surface area contributed by atoms with Gasteiger partial charge in [0, 0.05) is 18.7 Å². The van der Waals surface area contributed by atoms with Crippen LogP contribution in [0.2, 0.25) is 5.02 Å². The molecule has 2 heterocycles. The lowest BCUT2D eigenvalue weighted by atomic mass is 10.2. The highest BCUT2D eigenvalue weighted by Crippen LogP contribution is 2.39. The molecule has 1 amide bonds. The average Bonchev–Trinajstić information content (AvgIpc) is 2.87. The summed E-state index contributed by atoms with van der Waals surface area (Å²) in [6, 6.07) is 2.92. The van der Waals surface area contributed by atoms with Crippen molar-refractivity contribution in [1.82, 2.24) is 5.32 Å². The van der Waals surface area contributed by atoms with Crippen LogP contribution in [0.5, 0.6) is 11.5 Å². The minimum absolute atomic E-state index is 0.168. The maximum absolute atomic E-state index is 12.0. The number of carbonyl (C=O) groups is 1. The molecule has 0 aromatic heterocycles. The normalized spacial score (nSPS) is 21.2. The second kappa shape index (κ2) is 5.24. The summed E-state index contributed by atoms with van der Waals surface area (Å²) in [6.07, 6.45) is 0. The van der Waals surface area contributed by atoms with Crippen LogP contribution in [-0.2, 0) is 9.53 Å². The van der Waals surface area contributed by atoms with Gasteiger partial charge in [0.1, 0.15) is 6.04 Å². The molecule has 0 bridgehead atoms. The van der Waals surface area contributed by atoms with Crippen LogP contribution in [0.25, 0.3) is 0 Å². The Kier molecular flexibility index (Phi) is 3.46. The number of rotatable bonds is 2. The fourth-order valence-corrected chi connectivity index (χ4v) is 2.17. The Morgan fingerprint density at radius 2 is 2.16 bits per heavy atom. The van der Waals surface area contributed by atoms with Crippen molar-refractivity contribution in [2.75, 3.05) is 31.9 Å². The van der Waals surface area contributed by atoms with Gasteiger partial charge in [-0.1, -0.05) is 11.6 Å². The van der Waals surface area contributed by atoms with Gasteiger partial charge in [-0.25, -0.2) is 0 Å². The van der Waals surface area contributed by atoms with Gasteiger partial charge in [0.2, 0.25) is 12.7 Å². The van der Waals surface area contributed by atoms with E-state index in [2.05, 4.69) is 10.6 Å². The van der Waals surface area contributed by atoms with Gasteiger partial charge in [-0.3, -0.25) is 4.79 Å². The molecule has 0 radical (unpaired) electrons. The van der Waals surface area contributed by atoms with Crippen molar-refractivity contribution in [1.29, 1.82) is 0 Å². The Morgan fingerprint density at radius 1 is 1.37 bits per heavy atom. The summed E-state index contributed by atoms with van der Waals surface area (Å²) in [5.41, 5.74) is 0.503. The first-order chi connectivity index (χ1) is 9.24. The minimum Gasteiger partial charge on any atom is -0.454 e. The third-order valence-electron chi connectivity index (χ3n) is 2.96. The van der Waals surface area contributed by atoms with E-state index in [0.717, 1.165) is 0 Å². The van der Waals surface area contributed by atoms with Crippen LogP contribution in [-0.4, -0.2) is 38.5 Å². The number of nitrogens with one attached hydrogen (secondary N) is 2. The second-order valence-corrected chi connectivity index (χ2v) is 4.66. The Balaban J connectivity index is 1.74. The first kappa shape index (κ1) is 12.5. The molecule has 0 aliphatic carbocycles. The fourth-order valence-electron chi connectivity index (χ4n) is 1.97. The van der Waals surface area contributed by atoms with Gasteiger partial charge >= 0.3 is 0 Å². The van der Waals surface area contributed by atoms with Crippen molar-refractivity contribution in [3.63, 3.8) is 0 Å². The van der Waals surface area contributed by atoms with Gasteiger partial charge in [-0.15, -0.1) is 0 Å². The van der Waals surface area contributed by atoms with E-state index in [9.17, 15) is 4.79 Å². The monoisotopic (exact) mass is 284 g/mol. The van der Waals surface area contributed by atoms with E-state index in [1.54, 1.807) is 12.1 Å². The highest BCUT2D eigenvalue weighted by atomic mass is 35.5. The van der Waals surface area contributed by atoms with Gasteiger partial charge < -0.3 is 24.8 Å². The van der Waals surface area contributed by atoms with Crippen LogP contribution < -0.4 is 20.1 Å². The topological polar surface area (TPSA) is 68.8 Å². The van der Waals surface area contributed by atoms with Crippen LogP contribution >= 0.6 is 11.6 Å². The Bertz CT molecular complexity index is 503. The predicted octanol–water partition coefficient (Wildman–Crippen LogP) is 0.996. The van der Waals surface area contributed by atoms with Crippen LogP contribution in [0, 0.1) is 0 Å². The number of hydrogen-bond acceptors (Lipinski definition) is 5. The molecule has 1 aromatic carbocycles. The molecule has 7 heteroatoms. The van der Waals surface area contributed by atoms with Gasteiger partial charge in [0.15, 0.2) is 11.5 Å². The van der Waals surface area contributed by atoms with E-state index >= 15 is 0 Å². The maximum Gasteiger partial charge on any atom is 0.243 e. The first-order valence-electron chi connectivity index (χ1n) is 5.95. The summed E-state index contributed by atoms with van der Waals surface area (Å²) in [6.45, 7) is 1.80. The van der Waals surface area contributed by atoms with Crippen molar-refractivity contribution in [3.05, 3.63) is 17.2 Å². The molecule has 1 saturated heterocycles. The molecule has 0 spiro atoms. The standard InChI is InChI=1S/C12H13ClN2O4/c13-7-3-10-11(19-6-18-10)4-8(7)15-12(16)9-5-17-2-1-14-9/h3-4,9,14H,1-2,5-6H2,(H,15,16). The maximum atomic E-state index is 12.0. The molecular formula is C12H13ClN2O4. The summed E-state index contributed by atoms with van der Waals surface area (Å²) < 4.78 is 15.7. The molecule has 102 valence electrons. The largest absolute Gasteiger partial charge is 0.454 e. The Labute approximate surface area is 115 Å². The number of anilines is 1. The SMILES string of the molecule is O=C(Nc1cc2c(cc1Cl)OCO2)C1COCCN1. The van der Waals surface area contributed by atoms with Crippen molar-refractivity contribution in [3.8, 4) is 11.5 Å². The van der Waals surface area contributed by atoms with Gasteiger partial charge in [0.05, 0.1) is 23.9 Å².